The first kappa shape index (κ1) is 25.4. The fourth-order valence-electron chi connectivity index (χ4n) is 4.27. The second-order valence-electron chi connectivity index (χ2n) is 9.01. The number of amides is 1. The number of aryl methyl sites for hydroxylation is 1. The molecule has 10 heteroatoms. The lowest BCUT2D eigenvalue weighted by Gasteiger charge is -2.31. The number of fused-ring (bicyclic) bond motifs is 1. The van der Waals surface area contributed by atoms with Crippen LogP contribution in [0.25, 0.3) is 22.4 Å². The largest absolute Gasteiger partial charge is 0.417 e. The van der Waals surface area contributed by atoms with E-state index in [1.165, 1.54) is 10.9 Å². The first-order valence-electron chi connectivity index (χ1n) is 11.7. The number of aromatic nitrogens is 3. The Bertz CT molecular complexity index is 1300. The van der Waals surface area contributed by atoms with Crippen molar-refractivity contribution in [3.8, 4) is 0 Å². The van der Waals surface area contributed by atoms with Crippen LogP contribution in [0.2, 0.25) is 0 Å². The van der Waals surface area contributed by atoms with Crippen molar-refractivity contribution in [1.29, 1.82) is 0 Å². The summed E-state index contributed by atoms with van der Waals surface area (Å²) in [5.74, 6) is 0.0659. The fourth-order valence-corrected chi connectivity index (χ4v) is 4.27. The van der Waals surface area contributed by atoms with Gasteiger partial charge in [0.2, 0.25) is 0 Å². The monoisotopic (exact) mass is 498 g/mol. The molecule has 1 saturated heterocycles. The van der Waals surface area contributed by atoms with E-state index >= 15 is 0 Å². The zero-order valence-electron chi connectivity index (χ0n) is 20.2. The van der Waals surface area contributed by atoms with Gasteiger partial charge >= 0.3 is 6.18 Å². The van der Waals surface area contributed by atoms with E-state index in [0.717, 1.165) is 25.2 Å². The van der Waals surface area contributed by atoms with Crippen LogP contribution in [-0.4, -0.2) is 52.5 Å². The van der Waals surface area contributed by atoms with E-state index in [4.69, 9.17) is 0 Å². The number of hydrogen-bond donors (Lipinski definition) is 3. The van der Waals surface area contributed by atoms with E-state index in [-0.39, 0.29) is 24.2 Å². The quantitative estimate of drug-likeness (QED) is 0.450. The van der Waals surface area contributed by atoms with Gasteiger partial charge in [-0.15, -0.1) is 0 Å². The van der Waals surface area contributed by atoms with Gasteiger partial charge in [0, 0.05) is 42.3 Å². The highest BCUT2D eigenvalue weighted by Gasteiger charge is 2.35. The average Bonchev–Trinajstić information content (AvgIpc) is 3.28. The molecule has 7 nitrogen and oxygen atoms in total. The summed E-state index contributed by atoms with van der Waals surface area (Å²) in [6.45, 7) is 7.36. The smallest absolute Gasteiger partial charge is 0.381 e. The molecule has 1 fully saturated rings. The van der Waals surface area contributed by atoms with Gasteiger partial charge in [0.25, 0.3) is 5.91 Å². The van der Waals surface area contributed by atoms with Crippen molar-refractivity contribution in [2.45, 2.75) is 25.6 Å². The molecule has 190 valence electrons. The van der Waals surface area contributed by atoms with Crippen LogP contribution in [0.4, 0.5) is 18.9 Å². The molecule has 1 amide bonds. The summed E-state index contributed by atoms with van der Waals surface area (Å²) in [6, 6.07) is 7.19. The summed E-state index contributed by atoms with van der Waals surface area (Å²) >= 11 is 0. The third kappa shape index (κ3) is 5.76. The third-order valence-corrected chi connectivity index (χ3v) is 6.28. The second-order valence-corrected chi connectivity index (χ2v) is 9.01. The van der Waals surface area contributed by atoms with Crippen molar-refractivity contribution in [3.05, 3.63) is 66.3 Å². The van der Waals surface area contributed by atoms with Crippen LogP contribution >= 0.6 is 0 Å². The maximum absolute atomic E-state index is 13.6. The van der Waals surface area contributed by atoms with Gasteiger partial charge in [0.15, 0.2) is 0 Å². The molecule has 1 aliphatic rings. The molecule has 1 aromatic carbocycles. The van der Waals surface area contributed by atoms with Crippen molar-refractivity contribution in [2.75, 3.05) is 25.0 Å². The molecule has 0 saturated carbocycles. The number of nitrogens with one attached hydrogen (secondary N) is 3. The molecule has 4 rings (SSSR count). The van der Waals surface area contributed by atoms with Gasteiger partial charge in [0.1, 0.15) is 0 Å². The van der Waals surface area contributed by atoms with Crippen LogP contribution in [0.1, 0.15) is 35.1 Å². The summed E-state index contributed by atoms with van der Waals surface area (Å²) in [5, 5.41) is 14.6. The van der Waals surface area contributed by atoms with Crippen molar-refractivity contribution in [1.82, 2.24) is 25.4 Å². The molecule has 0 bridgehead atoms. The SMILES string of the molecule is C=C(c1nc(/C=C/CNC(=O)c2cnn(C)c2)cc2c(NC3CCNCC3C)cccc12)C(F)(F)F. The number of rotatable bonds is 7. The lowest BCUT2D eigenvalue weighted by Crippen LogP contribution is -2.42. The van der Waals surface area contributed by atoms with E-state index in [9.17, 15) is 18.0 Å². The van der Waals surface area contributed by atoms with Crippen LogP contribution in [-0.2, 0) is 7.05 Å². The maximum atomic E-state index is 13.6. The highest BCUT2D eigenvalue weighted by molar-refractivity contribution is 6.01. The fraction of sp³-hybridized carbons (Fsp3) is 0.346. The number of halogens is 3. The minimum atomic E-state index is -4.62. The lowest BCUT2D eigenvalue weighted by atomic mass is 9.94. The standard InChI is InChI=1S/C26H29F3N6O/c1-16-13-30-11-9-22(16)34-23-8-4-7-20-21(23)12-19(33-24(20)17(2)26(27,28)29)6-5-10-31-25(36)18-14-32-35(3)15-18/h4-8,12,14-16,22,30,34H,2,9-11,13H2,1,3H3,(H,31,36)/b6-5+. The Balaban J connectivity index is 1.64. The minimum absolute atomic E-state index is 0.176. The molecule has 0 radical (unpaired) electrons. The van der Waals surface area contributed by atoms with Gasteiger partial charge in [-0.25, -0.2) is 4.98 Å². The average molecular weight is 499 g/mol. The molecule has 3 aromatic rings. The van der Waals surface area contributed by atoms with Crippen LogP contribution in [0.3, 0.4) is 0 Å². The Hall–Kier alpha value is -3.66. The van der Waals surface area contributed by atoms with Gasteiger partial charge in [-0.2, -0.15) is 18.3 Å². The predicted octanol–water partition coefficient (Wildman–Crippen LogP) is 4.40. The van der Waals surface area contributed by atoms with Gasteiger partial charge in [-0.1, -0.05) is 31.7 Å². The van der Waals surface area contributed by atoms with Crippen molar-refractivity contribution in [2.24, 2.45) is 13.0 Å². The van der Waals surface area contributed by atoms with Gasteiger partial charge < -0.3 is 16.0 Å². The van der Waals surface area contributed by atoms with Crippen molar-refractivity contribution in [3.63, 3.8) is 0 Å². The number of hydrogen-bond acceptors (Lipinski definition) is 5. The second kappa shape index (κ2) is 10.5. The highest BCUT2D eigenvalue weighted by Crippen LogP contribution is 2.37. The highest BCUT2D eigenvalue weighted by atomic mass is 19.4. The first-order valence-corrected chi connectivity index (χ1v) is 11.7. The number of piperidine rings is 1. The van der Waals surface area contributed by atoms with Crippen LogP contribution in [0.5, 0.6) is 0 Å². The topological polar surface area (TPSA) is 83.9 Å². The number of benzene rings is 1. The summed E-state index contributed by atoms with van der Waals surface area (Å²) in [5.41, 5.74) is 0.304. The number of carbonyl (C=O) groups is 1. The normalized spacial score (nSPS) is 18.5. The van der Waals surface area contributed by atoms with Crippen LogP contribution in [0, 0.1) is 5.92 Å². The number of nitrogens with zero attached hydrogens (tertiary/aromatic N) is 3. The van der Waals surface area contributed by atoms with E-state index in [2.05, 4.69) is 39.5 Å². The lowest BCUT2D eigenvalue weighted by molar-refractivity contribution is -0.0688. The molecular weight excluding hydrogens is 469 g/mol. The Morgan fingerprint density at radius 1 is 1.33 bits per heavy atom. The number of pyridine rings is 1. The number of carbonyl (C=O) groups excluding carboxylic acids is 1. The molecular formula is C26H29F3N6O. The Labute approximate surface area is 207 Å². The Morgan fingerprint density at radius 2 is 2.14 bits per heavy atom. The summed E-state index contributed by atoms with van der Waals surface area (Å²) in [4.78, 5) is 16.5. The zero-order chi connectivity index (χ0) is 25.9. The van der Waals surface area contributed by atoms with E-state index in [1.807, 2.05) is 6.07 Å². The van der Waals surface area contributed by atoms with Gasteiger partial charge in [-0.3, -0.25) is 9.48 Å². The summed E-state index contributed by atoms with van der Waals surface area (Å²) in [6.07, 6.45) is 2.59. The molecule has 3 heterocycles. The van der Waals surface area contributed by atoms with E-state index < -0.39 is 11.7 Å². The molecule has 2 aromatic heterocycles. The number of anilines is 1. The molecule has 3 N–H and O–H groups in total. The number of allylic oxidation sites excluding steroid dienone is 1. The molecule has 0 aliphatic carbocycles. The minimum Gasteiger partial charge on any atom is -0.381 e. The molecule has 2 unspecified atom stereocenters. The van der Waals surface area contributed by atoms with Crippen molar-refractivity contribution < 1.29 is 18.0 Å². The Kier molecular flexibility index (Phi) is 7.44. The van der Waals surface area contributed by atoms with Crippen LogP contribution in [0.15, 0.2) is 49.3 Å². The predicted molar refractivity (Wildman–Crippen MR) is 135 cm³/mol. The Morgan fingerprint density at radius 3 is 2.83 bits per heavy atom. The summed E-state index contributed by atoms with van der Waals surface area (Å²) < 4.78 is 42.5. The zero-order valence-corrected chi connectivity index (χ0v) is 20.2. The third-order valence-electron chi connectivity index (χ3n) is 6.28. The van der Waals surface area contributed by atoms with E-state index in [0.29, 0.717) is 27.9 Å². The van der Waals surface area contributed by atoms with E-state index in [1.54, 1.807) is 43.6 Å². The molecule has 1 aliphatic heterocycles. The molecule has 36 heavy (non-hydrogen) atoms. The van der Waals surface area contributed by atoms with Gasteiger partial charge in [0.05, 0.1) is 28.7 Å². The molecule has 0 spiro atoms. The summed E-state index contributed by atoms with van der Waals surface area (Å²) in [7, 11) is 1.71. The maximum Gasteiger partial charge on any atom is 0.417 e. The first-order chi connectivity index (χ1) is 17.1. The van der Waals surface area contributed by atoms with Crippen molar-refractivity contribution >= 4 is 34.0 Å². The van der Waals surface area contributed by atoms with Gasteiger partial charge in [-0.05, 0) is 43.6 Å². The molecule has 2 atom stereocenters. The number of alkyl halides is 3. The van der Waals surface area contributed by atoms with Crippen LogP contribution < -0.4 is 16.0 Å².